The highest BCUT2D eigenvalue weighted by atomic mass is 16.5. The van der Waals surface area contributed by atoms with Gasteiger partial charge < -0.3 is 20.9 Å². The summed E-state index contributed by atoms with van der Waals surface area (Å²) in [6.45, 7) is 0. The smallest absolute Gasteiger partial charge is 0.259 e. The predicted molar refractivity (Wildman–Crippen MR) is 91.0 cm³/mol. The highest BCUT2D eigenvalue weighted by Crippen LogP contribution is 2.34. The van der Waals surface area contributed by atoms with Gasteiger partial charge in [-0.2, -0.15) is 0 Å². The number of nitrogen functional groups attached to an aromatic ring is 1. The van der Waals surface area contributed by atoms with Crippen molar-refractivity contribution < 1.29 is 14.6 Å². The minimum Gasteiger partial charge on any atom is -0.505 e. The number of phenolic OH excluding ortho intramolecular Hbond substituents is 1. The number of ether oxygens (including phenoxy) is 1. The zero-order chi connectivity index (χ0) is 16.4. The molecule has 4 N–H and O–H groups in total. The first-order valence-corrected chi connectivity index (χ1v) is 7.05. The molecule has 0 saturated heterocycles. The quantitative estimate of drug-likeness (QED) is 0.511. The van der Waals surface area contributed by atoms with Crippen molar-refractivity contribution in [3.8, 4) is 11.5 Å². The van der Waals surface area contributed by atoms with E-state index in [1.165, 1.54) is 0 Å². The number of methoxy groups -OCH3 is 1. The highest BCUT2D eigenvalue weighted by molar-refractivity contribution is 6.11. The predicted octanol–water partition coefficient (Wildman–Crippen LogP) is 3.39. The van der Waals surface area contributed by atoms with Crippen molar-refractivity contribution in [3.05, 3.63) is 60.2 Å². The lowest BCUT2D eigenvalue weighted by atomic mass is 10.0. The normalized spacial score (nSPS) is 10.5. The van der Waals surface area contributed by atoms with Crippen molar-refractivity contribution >= 4 is 28.1 Å². The Balaban J connectivity index is 1.99. The van der Waals surface area contributed by atoms with Crippen molar-refractivity contribution in [3.63, 3.8) is 0 Å². The van der Waals surface area contributed by atoms with Crippen LogP contribution in [-0.4, -0.2) is 18.1 Å². The van der Waals surface area contributed by atoms with E-state index < -0.39 is 5.91 Å². The van der Waals surface area contributed by atoms with E-state index in [1.807, 2.05) is 18.2 Å². The summed E-state index contributed by atoms with van der Waals surface area (Å²) in [5, 5.41) is 14.5. The maximum Gasteiger partial charge on any atom is 0.259 e. The number of nitrogens with two attached hydrogens (primary N) is 1. The van der Waals surface area contributed by atoms with Gasteiger partial charge in [-0.3, -0.25) is 4.79 Å². The number of hydrogen-bond acceptors (Lipinski definition) is 4. The SMILES string of the molecule is COc1cccc(NC(=O)c2cc3ccccc3c(N)c2O)c1. The van der Waals surface area contributed by atoms with E-state index in [9.17, 15) is 9.90 Å². The number of hydrogen-bond donors (Lipinski definition) is 3. The van der Waals surface area contributed by atoms with Gasteiger partial charge in [0.05, 0.1) is 18.4 Å². The number of benzene rings is 3. The molecule has 0 atom stereocenters. The summed E-state index contributed by atoms with van der Waals surface area (Å²) in [4.78, 5) is 12.5. The van der Waals surface area contributed by atoms with Crippen LogP contribution in [0.25, 0.3) is 10.8 Å². The Morgan fingerprint density at radius 1 is 1.13 bits per heavy atom. The van der Waals surface area contributed by atoms with Gasteiger partial charge in [0.15, 0.2) is 5.75 Å². The number of carbonyl (C=O) groups is 1. The van der Waals surface area contributed by atoms with Gasteiger partial charge in [0.25, 0.3) is 5.91 Å². The molecule has 116 valence electrons. The molecule has 0 heterocycles. The Hall–Kier alpha value is -3.21. The van der Waals surface area contributed by atoms with E-state index in [0.717, 1.165) is 5.39 Å². The van der Waals surface area contributed by atoms with Gasteiger partial charge in [-0.25, -0.2) is 0 Å². The van der Waals surface area contributed by atoms with Crippen LogP contribution < -0.4 is 15.8 Å². The number of carbonyl (C=O) groups excluding carboxylic acids is 1. The van der Waals surface area contributed by atoms with Gasteiger partial charge in [-0.05, 0) is 23.6 Å². The number of rotatable bonds is 3. The van der Waals surface area contributed by atoms with Crippen LogP contribution in [0.15, 0.2) is 54.6 Å². The molecule has 5 heteroatoms. The van der Waals surface area contributed by atoms with Crippen LogP contribution in [0, 0.1) is 0 Å². The molecule has 3 aromatic rings. The minimum atomic E-state index is -0.437. The van der Waals surface area contributed by atoms with Crippen LogP contribution in [-0.2, 0) is 0 Å². The minimum absolute atomic E-state index is 0.129. The Bertz CT molecular complexity index is 891. The molecule has 0 spiro atoms. The lowest BCUT2D eigenvalue weighted by Crippen LogP contribution is -2.13. The zero-order valence-corrected chi connectivity index (χ0v) is 12.5. The molecule has 1 amide bonds. The maximum atomic E-state index is 12.5. The fourth-order valence-electron chi connectivity index (χ4n) is 2.44. The van der Waals surface area contributed by atoms with Gasteiger partial charge in [-0.15, -0.1) is 0 Å². The second kappa shape index (κ2) is 5.88. The molecular weight excluding hydrogens is 292 g/mol. The Morgan fingerprint density at radius 2 is 1.91 bits per heavy atom. The first-order chi connectivity index (χ1) is 11.1. The molecule has 0 saturated carbocycles. The van der Waals surface area contributed by atoms with Gasteiger partial charge >= 0.3 is 0 Å². The van der Waals surface area contributed by atoms with E-state index in [-0.39, 0.29) is 17.0 Å². The molecule has 0 fully saturated rings. The van der Waals surface area contributed by atoms with E-state index in [0.29, 0.717) is 16.8 Å². The number of aromatic hydroxyl groups is 1. The van der Waals surface area contributed by atoms with Crippen LogP contribution in [0.1, 0.15) is 10.4 Å². The molecule has 0 radical (unpaired) electrons. The largest absolute Gasteiger partial charge is 0.505 e. The third-order valence-corrected chi connectivity index (χ3v) is 3.63. The summed E-state index contributed by atoms with van der Waals surface area (Å²) in [6.07, 6.45) is 0. The van der Waals surface area contributed by atoms with Crippen LogP contribution in [0.5, 0.6) is 11.5 Å². The van der Waals surface area contributed by atoms with Crippen molar-refractivity contribution in [2.75, 3.05) is 18.2 Å². The molecule has 5 nitrogen and oxygen atoms in total. The van der Waals surface area contributed by atoms with Crippen LogP contribution >= 0.6 is 0 Å². The Labute approximate surface area is 133 Å². The summed E-state index contributed by atoms with van der Waals surface area (Å²) in [7, 11) is 1.55. The summed E-state index contributed by atoms with van der Waals surface area (Å²) >= 11 is 0. The topological polar surface area (TPSA) is 84.6 Å². The standard InChI is InChI=1S/C18H16N2O3/c1-23-13-7-4-6-12(10-13)20-18(22)15-9-11-5-2-3-8-14(11)16(19)17(15)21/h2-10,21H,19H2,1H3,(H,20,22). The second-order valence-electron chi connectivity index (χ2n) is 5.09. The van der Waals surface area contributed by atoms with Crippen molar-refractivity contribution in [1.82, 2.24) is 0 Å². The summed E-state index contributed by atoms with van der Waals surface area (Å²) in [5.41, 5.74) is 6.84. The maximum absolute atomic E-state index is 12.5. The van der Waals surface area contributed by atoms with Crippen molar-refractivity contribution in [2.24, 2.45) is 0 Å². The highest BCUT2D eigenvalue weighted by Gasteiger charge is 2.16. The summed E-state index contributed by atoms with van der Waals surface area (Å²) in [6, 6.07) is 15.9. The first-order valence-electron chi connectivity index (χ1n) is 7.05. The molecule has 0 aliphatic rings. The average molecular weight is 308 g/mol. The lowest BCUT2D eigenvalue weighted by Gasteiger charge is -2.11. The van der Waals surface area contributed by atoms with Gasteiger partial charge in [0.1, 0.15) is 5.75 Å². The van der Waals surface area contributed by atoms with E-state index in [2.05, 4.69) is 5.32 Å². The molecule has 0 bridgehead atoms. The molecule has 0 aromatic heterocycles. The van der Waals surface area contributed by atoms with Crippen LogP contribution in [0.4, 0.5) is 11.4 Å². The fourth-order valence-corrected chi connectivity index (χ4v) is 2.44. The number of anilines is 2. The van der Waals surface area contributed by atoms with Gasteiger partial charge in [0, 0.05) is 17.1 Å². The van der Waals surface area contributed by atoms with Crippen LogP contribution in [0.3, 0.4) is 0 Å². The monoisotopic (exact) mass is 308 g/mol. The van der Waals surface area contributed by atoms with Gasteiger partial charge in [-0.1, -0.05) is 30.3 Å². The summed E-state index contributed by atoms with van der Waals surface area (Å²) < 4.78 is 5.12. The van der Waals surface area contributed by atoms with Crippen molar-refractivity contribution in [2.45, 2.75) is 0 Å². The zero-order valence-electron chi connectivity index (χ0n) is 12.5. The first kappa shape index (κ1) is 14.7. The lowest BCUT2D eigenvalue weighted by molar-refractivity contribution is 0.102. The Morgan fingerprint density at radius 3 is 2.70 bits per heavy atom. The third kappa shape index (κ3) is 2.76. The Kier molecular flexibility index (Phi) is 3.76. The van der Waals surface area contributed by atoms with E-state index in [4.69, 9.17) is 10.5 Å². The molecule has 0 aliphatic heterocycles. The second-order valence-corrected chi connectivity index (χ2v) is 5.09. The molecule has 23 heavy (non-hydrogen) atoms. The molecule has 3 aromatic carbocycles. The van der Waals surface area contributed by atoms with Gasteiger partial charge in [0.2, 0.25) is 0 Å². The molecular formula is C18H16N2O3. The number of amides is 1. The number of phenols is 1. The van der Waals surface area contributed by atoms with Crippen LogP contribution in [0.2, 0.25) is 0 Å². The molecule has 0 unspecified atom stereocenters. The van der Waals surface area contributed by atoms with E-state index >= 15 is 0 Å². The van der Waals surface area contributed by atoms with E-state index in [1.54, 1.807) is 43.5 Å². The van der Waals surface area contributed by atoms with Crippen molar-refractivity contribution in [1.29, 1.82) is 0 Å². The third-order valence-electron chi connectivity index (χ3n) is 3.63. The molecule has 0 aliphatic carbocycles. The summed E-state index contributed by atoms with van der Waals surface area (Å²) in [5.74, 6) is -0.0256. The molecule has 3 rings (SSSR count). The average Bonchev–Trinajstić information content (AvgIpc) is 2.58. The number of fused-ring (bicyclic) bond motifs is 1. The number of nitrogens with one attached hydrogen (secondary N) is 1. The fraction of sp³-hybridized carbons (Fsp3) is 0.0556.